The number of thioether (sulfide) groups is 1. The number of hydrogen-bond donors (Lipinski definition) is 1. The lowest BCUT2D eigenvalue weighted by Crippen LogP contribution is -2.59. The zero-order chi connectivity index (χ0) is 28.7. The number of likely N-dealkylation sites (tertiary alicyclic amines) is 1. The number of fused-ring (bicyclic) bond motifs is 1. The highest BCUT2D eigenvalue weighted by Gasteiger charge is 2.78. The Labute approximate surface area is 236 Å². The number of aryl methyl sites for hydroxylation is 2. The number of aliphatic hydroxyl groups is 1. The van der Waals surface area contributed by atoms with Crippen molar-refractivity contribution < 1.29 is 24.2 Å². The summed E-state index contributed by atoms with van der Waals surface area (Å²) in [7, 11) is 0. The summed E-state index contributed by atoms with van der Waals surface area (Å²) in [5.41, 5.74) is 2.72. The molecular weight excluding hydrogens is 512 g/mol. The third-order valence-corrected chi connectivity index (χ3v) is 11.2. The van der Waals surface area contributed by atoms with E-state index in [-0.39, 0.29) is 37.5 Å². The van der Waals surface area contributed by atoms with Crippen molar-refractivity contribution in [2.45, 2.75) is 75.5 Å². The van der Waals surface area contributed by atoms with Crippen molar-refractivity contribution in [1.29, 1.82) is 0 Å². The van der Waals surface area contributed by atoms with Gasteiger partial charge in [-0.05, 0) is 50.7 Å². The highest BCUT2D eigenvalue weighted by Crippen LogP contribution is 2.72. The van der Waals surface area contributed by atoms with E-state index in [1.165, 1.54) is 6.08 Å². The van der Waals surface area contributed by atoms with Gasteiger partial charge in [-0.3, -0.25) is 14.4 Å². The molecule has 0 saturated carbocycles. The Morgan fingerprint density at radius 1 is 1.26 bits per heavy atom. The van der Waals surface area contributed by atoms with Gasteiger partial charge in [0.15, 0.2) is 0 Å². The van der Waals surface area contributed by atoms with E-state index >= 15 is 0 Å². The monoisotopic (exact) mass is 554 g/mol. The first-order valence-electron chi connectivity index (χ1n) is 13.9. The first-order chi connectivity index (χ1) is 18.5. The van der Waals surface area contributed by atoms with Gasteiger partial charge in [0.2, 0.25) is 5.91 Å². The number of nitrogens with zero attached hydrogens (tertiary/aromatic N) is 2. The van der Waals surface area contributed by atoms with E-state index in [1.54, 1.807) is 27.6 Å². The lowest BCUT2D eigenvalue weighted by atomic mass is 9.66. The Morgan fingerprint density at radius 3 is 2.49 bits per heavy atom. The molecule has 3 aliphatic heterocycles. The van der Waals surface area contributed by atoms with Crippen LogP contribution in [0.1, 0.15) is 51.2 Å². The highest BCUT2D eigenvalue weighted by atomic mass is 32.2. The maximum Gasteiger partial charge on any atom is 0.311 e. The predicted molar refractivity (Wildman–Crippen MR) is 156 cm³/mol. The number of rotatable bonds is 11. The van der Waals surface area contributed by atoms with Gasteiger partial charge in [0.25, 0.3) is 5.91 Å². The second-order valence-electron chi connectivity index (χ2n) is 11.5. The van der Waals surface area contributed by atoms with E-state index < -0.39 is 39.4 Å². The fourth-order valence-electron chi connectivity index (χ4n) is 7.20. The van der Waals surface area contributed by atoms with E-state index in [2.05, 4.69) is 13.2 Å². The highest BCUT2D eigenvalue weighted by molar-refractivity contribution is 8.02. The topological polar surface area (TPSA) is 87.1 Å². The Hall–Kier alpha value is -2.58. The van der Waals surface area contributed by atoms with Crippen LogP contribution in [0.2, 0.25) is 0 Å². The van der Waals surface area contributed by atoms with Crippen LogP contribution in [0.25, 0.3) is 0 Å². The molecule has 8 heteroatoms. The zero-order valence-corrected chi connectivity index (χ0v) is 24.6. The van der Waals surface area contributed by atoms with E-state index in [1.807, 2.05) is 52.8 Å². The van der Waals surface area contributed by atoms with E-state index in [9.17, 15) is 19.5 Å². The lowest BCUT2D eigenvalue weighted by Gasteiger charge is -2.41. The van der Waals surface area contributed by atoms with Crippen molar-refractivity contribution in [2.24, 2.45) is 17.8 Å². The van der Waals surface area contributed by atoms with Gasteiger partial charge in [-0.25, -0.2) is 0 Å². The molecule has 1 aromatic rings. The first-order valence-corrected chi connectivity index (χ1v) is 14.7. The van der Waals surface area contributed by atoms with Crippen molar-refractivity contribution in [3.8, 4) is 0 Å². The van der Waals surface area contributed by atoms with Crippen molar-refractivity contribution in [1.82, 2.24) is 4.90 Å². The molecule has 2 bridgehead atoms. The largest absolute Gasteiger partial charge is 0.461 e. The molecular formula is C31H42N2O5S. The minimum absolute atomic E-state index is 0.0403. The standard InChI is InChI=1S/C31H42N2O5S/c1-8-16-32(25-20(5)12-11-13-21(25)6)28(36)26-31-15-14-30(7,39-31)24(29(37)38-17-9-2)23(31)27(35)33(26)22(18-34)19(4)10-3/h8-9,11-13,19,22-24,26,34H,1-2,10,14-18H2,3-7H3/t19-,22-,23-,24+,26?,30-,31?/m0/s1. The smallest absolute Gasteiger partial charge is 0.311 e. The van der Waals surface area contributed by atoms with Crippen LogP contribution in [0.3, 0.4) is 0 Å². The summed E-state index contributed by atoms with van der Waals surface area (Å²) >= 11 is 1.61. The molecule has 7 nitrogen and oxygen atoms in total. The molecule has 212 valence electrons. The molecule has 0 radical (unpaired) electrons. The Morgan fingerprint density at radius 2 is 1.92 bits per heavy atom. The SMILES string of the molecule is C=CCOC(=O)[C@H]1[C@H]2C(=O)N([C@@H](CO)[C@@H](C)CC)C(C(=O)N(CC=C)c3c(C)cccc3C)C23CC[C@]1(C)S3. The number of carbonyl (C=O) groups excluding carboxylic acids is 3. The Kier molecular flexibility index (Phi) is 8.39. The molecule has 7 atom stereocenters. The van der Waals surface area contributed by atoms with Gasteiger partial charge in [0, 0.05) is 17.0 Å². The van der Waals surface area contributed by atoms with Crippen LogP contribution in [0.5, 0.6) is 0 Å². The fraction of sp³-hybridized carbons (Fsp3) is 0.581. The van der Waals surface area contributed by atoms with Crippen molar-refractivity contribution in [3.63, 3.8) is 0 Å². The fourth-order valence-corrected chi connectivity index (χ4v) is 9.53. The number of carbonyl (C=O) groups is 3. The molecule has 3 saturated heterocycles. The average molecular weight is 555 g/mol. The second kappa shape index (κ2) is 11.1. The van der Waals surface area contributed by atoms with Gasteiger partial charge in [-0.1, -0.05) is 57.2 Å². The summed E-state index contributed by atoms with van der Waals surface area (Å²) < 4.78 is 4.21. The van der Waals surface area contributed by atoms with E-state index in [4.69, 9.17) is 4.74 Å². The molecule has 39 heavy (non-hydrogen) atoms. The summed E-state index contributed by atoms with van der Waals surface area (Å²) in [4.78, 5) is 46.2. The van der Waals surface area contributed by atoms with Crippen molar-refractivity contribution in [2.75, 3.05) is 24.7 Å². The van der Waals surface area contributed by atoms with Gasteiger partial charge in [-0.2, -0.15) is 0 Å². The van der Waals surface area contributed by atoms with Crippen LogP contribution in [-0.4, -0.2) is 69.1 Å². The van der Waals surface area contributed by atoms with Gasteiger partial charge in [0.05, 0.1) is 29.2 Å². The molecule has 0 aliphatic carbocycles. The first kappa shape index (κ1) is 29.4. The normalized spacial score (nSPS) is 30.6. The summed E-state index contributed by atoms with van der Waals surface area (Å²) in [6.45, 7) is 17.6. The number of ether oxygens (including phenoxy) is 1. The number of hydrogen-bond acceptors (Lipinski definition) is 6. The third kappa shape index (κ3) is 4.53. The second-order valence-corrected chi connectivity index (χ2v) is 13.4. The third-order valence-electron chi connectivity index (χ3n) is 9.18. The molecule has 2 unspecified atom stereocenters. The zero-order valence-electron chi connectivity index (χ0n) is 23.8. The van der Waals surface area contributed by atoms with Crippen molar-refractivity contribution in [3.05, 3.63) is 54.6 Å². The maximum atomic E-state index is 14.9. The molecule has 1 spiro atoms. The quantitative estimate of drug-likeness (QED) is 0.322. The van der Waals surface area contributed by atoms with Crippen LogP contribution in [0, 0.1) is 31.6 Å². The molecule has 0 aromatic heterocycles. The molecule has 2 amide bonds. The van der Waals surface area contributed by atoms with Crippen LogP contribution >= 0.6 is 11.8 Å². The summed E-state index contributed by atoms with van der Waals surface area (Å²) in [6.07, 6.45) is 5.29. The summed E-state index contributed by atoms with van der Waals surface area (Å²) in [5.74, 6) is -2.25. The molecule has 4 rings (SSSR count). The van der Waals surface area contributed by atoms with E-state index in [0.29, 0.717) is 12.8 Å². The minimum Gasteiger partial charge on any atom is -0.461 e. The van der Waals surface area contributed by atoms with Crippen LogP contribution in [0.15, 0.2) is 43.5 Å². The summed E-state index contributed by atoms with van der Waals surface area (Å²) in [5, 5.41) is 10.6. The van der Waals surface area contributed by atoms with Crippen molar-refractivity contribution >= 4 is 35.2 Å². The van der Waals surface area contributed by atoms with Gasteiger partial charge >= 0.3 is 5.97 Å². The number of benzene rings is 1. The molecule has 3 fully saturated rings. The van der Waals surface area contributed by atoms with Gasteiger partial charge in [-0.15, -0.1) is 18.3 Å². The predicted octanol–water partition coefficient (Wildman–Crippen LogP) is 4.44. The molecule has 3 heterocycles. The minimum atomic E-state index is -0.830. The number of amides is 2. The summed E-state index contributed by atoms with van der Waals surface area (Å²) in [6, 6.07) is 4.54. The van der Waals surface area contributed by atoms with Crippen LogP contribution in [-0.2, 0) is 19.1 Å². The van der Waals surface area contributed by atoms with Gasteiger partial charge in [0.1, 0.15) is 12.6 Å². The molecule has 1 N–H and O–H groups in total. The molecule has 1 aromatic carbocycles. The molecule has 3 aliphatic rings. The average Bonchev–Trinajstić information content (AvgIpc) is 3.47. The van der Waals surface area contributed by atoms with Crippen LogP contribution < -0.4 is 4.90 Å². The Bertz CT molecular complexity index is 1150. The lowest BCUT2D eigenvalue weighted by molar-refractivity contribution is -0.155. The maximum absolute atomic E-state index is 14.9. The number of anilines is 1. The number of esters is 1. The number of aliphatic hydroxyl groups excluding tert-OH is 1. The number of para-hydroxylation sites is 1. The van der Waals surface area contributed by atoms with E-state index in [0.717, 1.165) is 23.2 Å². The van der Waals surface area contributed by atoms with Crippen LogP contribution in [0.4, 0.5) is 5.69 Å². The Balaban J connectivity index is 1.89. The van der Waals surface area contributed by atoms with Gasteiger partial charge < -0.3 is 19.6 Å².